The van der Waals surface area contributed by atoms with Gasteiger partial charge in [-0.1, -0.05) is 36.4 Å². The molecule has 1 saturated heterocycles. The molecule has 3 aromatic rings. The van der Waals surface area contributed by atoms with E-state index in [-0.39, 0.29) is 11.5 Å². The number of anilines is 1. The Morgan fingerprint density at radius 2 is 1.67 bits per heavy atom. The number of benzene rings is 1. The first-order valence-corrected chi connectivity index (χ1v) is 10.5. The zero-order valence-electron chi connectivity index (χ0n) is 16.8. The molecule has 1 fully saturated rings. The number of pyridine rings is 2. The van der Waals surface area contributed by atoms with Gasteiger partial charge in [-0.05, 0) is 30.5 Å². The number of aromatic nitrogens is 2. The number of carbonyl (C=O) groups is 1. The number of carbonyl (C=O) groups excluding carboxylic acids is 1. The summed E-state index contributed by atoms with van der Waals surface area (Å²) in [6, 6.07) is 17.3. The number of fused-ring (bicyclic) bond motifs is 1. The normalized spacial score (nSPS) is 15.9. The molecule has 0 spiro atoms. The van der Waals surface area contributed by atoms with Gasteiger partial charge in [0.25, 0.3) is 11.5 Å². The van der Waals surface area contributed by atoms with E-state index in [0.29, 0.717) is 25.2 Å². The van der Waals surface area contributed by atoms with E-state index in [4.69, 9.17) is 0 Å². The SMILES string of the molecule is O=C(c1c(-c2ccccc2)cc(=O)n2c1CCC2)N1CCN(c2ccccn2)CC1. The average Bonchev–Trinajstić information content (AvgIpc) is 3.30. The average molecular weight is 400 g/mol. The van der Waals surface area contributed by atoms with E-state index >= 15 is 0 Å². The predicted molar refractivity (Wildman–Crippen MR) is 117 cm³/mol. The number of rotatable bonds is 3. The summed E-state index contributed by atoms with van der Waals surface area (Å²) in [5, 5.41) is 0. The van der Waals surface area contributed by atoms with E-state index in [1.807, 2.05) is 53.4 Å². The lowest BCUT2D eigenvalue weighted by Crippen LogP contribution is -2.49. The zero-order chi connectivity index (χ0) is 20.5. The zero-order valence-corrected chi connectivity index (χ0v) is 16.8. The summed E-state index contributed by atoms with van der Waals surface area (Å²) in [5.41, 5.74) is 3.24. The summed E-state index contributed by atoms with van der Waals surface area (Å²) in [6.45, 7) is 3.47. The van der Waals surface area contributed by atoms with E-state index in [1.54, 1.807) is 16.8 Å². The number of nitrogens with zero attached hydrogens (tertiary/aromatic N) is 4. The number of hydrogen-bond donors (Lipinski definition) is 0. The van der Waals surface area contributed by atoms with Gasteiger partial charge < -0.3 is 14.4 Å². The van der Waals surface area contributed by atoms with Crippen LogP contribution in [0.1, 0.15) is 22.5 Å². The Balaban J connectivity index is 1.48. The molecule has 4 heterocycles. The van der Waals surface area contributed by atoms with Crippen molar-refractivity contribution in [3.63, 3.8) is 0 Å². The Kier molecular flexibility index (Phi) is 4.83. The number of piperazine rings is 1. The van der Waals surface area contributed by atoms with Crippen LogP contribution in [0.5, 0.6) is 0 Å². The molecule has 0 bridgehead atoms. The van der Waals surface area contributed by atoms with Crippen molar-refractivity contribution in [2.75, 3.05) is 31.1 Å². The first kappa shape index (κ1) is 18.6. The second kappa shape index (κ2) is 7.78. The molecular formula is C24H24N4O2. The smallest absolute Gasteiger partial charge is 0.256 e. The van der Waals surface area contributed by atoms with Crippen molar-refractivity contribution in [1.82, 2.24) is 14.5 Å². The van der Waals surface area contributed by atoms with Crippen LogP contribution in [-0.4, -0.2) is 46.5 Å². The van der Waals surface area contributed by atoms with Gasteiger partial charge in [0.1, 0.15) is 5.82 Å². The second-order valence-electron chi connectivity index (χ2n) is 7.81. The summed E-state index contributed by atoms with van der Waals surface area (Å²) >= 11 is 0. The largest absolute Gasteiger partial charge is 0.353 e. The van der Waals surface area contributed by atoms with Gasteiger partial charge in [-0.25, -0.2) is 4.98 Å². The third-order valence-corrected chi connectivity index (χ3v) is 6.05. The third-order valence-electron chi connectivity index (χ3n) is 6.05. The monoisotopic (exact) mass is 400 g/mol. The Bertz CT molecular complexity index is 1120. The van der Waals surface area contributed by atoms with Crippen molar-refractivity contribution >= 4 is 11.7 Å². The molecule has 6 nitrogen and oxygen atoms in total. The van der Waals surface area contributed by atoms with Crippen LogP contribution in [0.3, 0.4) is 0 Å². The van der Waals surface area contributed by atoms with Crippen LogP contribution in [-0.2, 0) is 13.0 Å². The van der Waals surface area contributed by atoms with E-state index < -0.39 is 0 Å². The van der Waals surface area contributed by atoms with Gasteiger partial charge in [0.05, 0.1) is 5.56 Å². The molecule has 0 radical (unpaired) electrons. The maximum Gasteiger partial charge on any atom is 0.256 e. The molecule has 0 saturated carbocycles. The molecule has 2 aromatic heterocycles. The highest BCUT2D eigenvalue weighted by Gasteiger charge is 2.30. The minimum absolute atomic E-state index is 0.0159. The molecule has 6 heteroatoms. The summed E-state index contributed by atoms with van der Waals surface area (Å²) < 4.78 is 1.78. The van der Waals surface area contributed by atoms with Crippen LogP contribution >= 0.6 is 0 Å². The Labute approximate surface area is 175 Å². The maximum atomic E-state index is 13.7. The lowest BCUT2D eigenvalue weighted by atomic mass is 9.96. The van der Waals surface area contributed by atoms with Gasteiger partial charge in [-0.2, -0.15) is 0 Å². The fourth-order valence-corrected chi connectivity index (χ4v) is 4.53. The highest BCUT2D eigenvalue weighted by molar-refractivity contribution is 6.02. The van der Waals surface area contributed by atoms with E-state index in [0.717, 1.165) is 48.6 Å². The summed E-state index contributed by atoms with van der Waals surface area (Å²) in [4.78, 5) is 34.9. The van der Waals surface area contributed by atoms with Gasteiger partial charge in [0, 0.05) is 56.2 Å². The summed E-state index contributed by atoms with van der Waals surface area (Å²) in [6.07, 6.45) is 3.47. The Morgan fingerprint density at radius 1 is 0.900 bits per heavy atom. The highest BCUT2D eigenvalue weighted by Crippen LogP contribution is 2.30. The van der Waals surface area contributed by atoms with Crippen LogP contribution in [0.4, 0.5) is 5.82 Å². The van der Waals surface area contributed by atoms with Crippen LogP contribution in [0.15, 0.2) is 65.6 Å². The lowest BCUT2D eigenvalue weighted by Gasteiger charge is -2.36. The van der Waals surface area contributed by atoms with Crippen LogP contribution in [0.25, 0.3) is 11.1 Å². The van der Waals surface area contributed by atoms with Crippen molar-refractivity contribution < 1.29 is 4.79 Å². The van der Waals surface area contributed by atoms with E-state index in [2.05, 4.69) is 9.88 Å². The van der Waals surface area contributed by atoms with Crippen molar-refractivity contribution in [1.29, 1.82) is 0 Å². The van der Waals surface area contributed by atoms with E-state index in [1.165, 1.54) is 0 Å². The van der Waals surface area contributed by atoms with Crippen molar-refractivity contribution in [3.8, 4) is 11.1 Å². The molecule has 152 valence electrons. The minimum atomic E-state index is -0.0159. The van der Waals surface area contributed by atoms with Gasteiger partial charge >= 0.3 is 0 Å². The van der Waals surface area contributed by atoms with Gasteiger partial charge in [-0.15, -0.1) is 0 Å². The maximum absolute atomic E-state index is 13.7. The van der Waals surface area contributed by atoms with Crippen LogP contribution in [0.2, 0.25) is 0 Å². The Morgan fingerprint density at radius 3 is 2.40 bits per heavy atom. The van der Waals surface area contributed by atoms with Crippen LogP contribution in [0, 0.1) is 0 Å². The third kappa shape index (κ3) is 3.28. The fraction of sp³-hybridized carbons (Fsp3) is 0.292. The molecule has 0 N–H and O–H groups in total. The van der Waals surface area contributed by atoms with Crippen molar-refractivity contribution in [2.24, 2.45) is 0 Å². The predicted octanol–water partition coefficient (Wildman–Crippen LogP) is 2.82. The molecule has 0 unspecified atom stereocenters. The standard InChI is InChI=1S/C24H24N4O2/c29-22-17-19(18-7-2-1-3-8-18)23(20-9-6-12-28(20)22)24(30)27-15-13-26(14-16-27)21-10-4-5-11-25-21/h1-5,7-8,10-11,17H,6,9,12-16H2. The quantitative estimate of drug-likeness (QED) is 0.678. The molecular weight excluding hydrogens is 376 g/mol. The molecule has 2 aliphatic rings. The number of hydrogen-bond acceptors (Lipinski definition) is 4. The molecule has 0 aliphatic carbocycles. The molecule has 1 amide bonds. The second-order valence-corrected chi connectivity index (χ2v) is 7.81. The van der Waals surface area contributed by atoms with E-state index in [9.17, 15) is 9.59 Å². The van der Waals surface area contributed by atoms with Crippen molar-refractivity contribution in [2.45, 2.75) is 19.4 Å². The molecule has 5 rings (SSSR count). The van der Waals surface area contributed by atoms with Gasteiger partial charge in [0.2, 0.25) is 0 Å². The first-order chi connectivity index (χ1) is 14.7. The van der Waals surface area contributed by atoms with Gasteiger partial charge in [-0.3, -0.25) is 9.59 Å². The fourth-order valence-electron chi connectivity index (χ4n) is 4.53. The summed E-state index contributed by atoms with van der Waals surface area (Å²) in [7, 11) is 0. The lowest BCUT2D eigenvalue weighted by molar-refractivity contribution is 0.0745. The molecule has 0 atom stereocenters. The molecule has 2 aliphatic heterocycles. The summed E-state index contributed by atoms with van der Waals surface area (Å²) in [5.74, 6) is 0.974. The molecule has 1 aromatic carbocycles. The first-order valence-electron chi connectivity index (χ1n) is 10.5. The van der Waals surface area contributed by atoms with Crippen molar-refractivity contribution in [3.05, 3.63) is 82.4 Å². The van der Waals surface area contributed by atoms with Crippen LogP contribution < -0.4 is 10.5 Å². The van der Waals surface area contributed by atoms with Gasteiger partial charge in [0.15, 0.2) is 0 Å². The Hall–Kier alpha value is -3.41. The number of amides is 1. The highest BCUT2D eigenvalue weighted by atomic mass is 16.2. The topological polar surface area (TPSA) is 58.4 Å². The minimum Gasteiger partial charge on any atom is -0.353 e. The molecule has 30 heavy (non-hydrogen) atoms.